The molecule has 2 aromatic carbocycles. The van der Waals surface area contributed by atoms with E-state index in [-0.39, 0.29) is 55.7 Å². The largest absolute Gasteiger partial charge is 0.588 e. The number of unbranched alkanes of at least 4 members (excludes halogenated alkanes) is 36. The first kappa shape index (κ1) is 82.2. The van der Waals surface area contributed by atoms with Crippen LogP contribution in [-0.2, 0) is 52.0 Å². The zero-order valence-corrected chi connectivity index (χ0v) is 59.4. The van der Waals surface area contributed by atoms with Crippen molar-refractivity contribution in [3.63, 3.8) is 0 Å². The highest BCUT2D eigenvalue weighted by molar-refractivity contribution is 7.49. The molecule has 1 heterocycles. The number of amides is 1. The minimum atomic E-state index is -4.82. The van der Waals surface area contributed by atoms with Gasteiger partial charge in [-0.25, -0.2) is 4.57 Å². The Kier molecular flexibility index (Phi) is 49.3. The molecule has 0 unspecified atom stereocenters. The molecule has 1 amide bonds. The number of ether oxygens (including phenoxy) is 5. The van der Waals surface area contributed by atoms with Crippen molar-refractivity contribution in [1.82, 2.24) is 5.32 Å². The molecular weight excluding hydrogens is 1180 g/mol. The van der Waals surface area contributed by atoms with Gasteiger partial charge in [0, 0.05) is 19.4 Å². The Hall–Kier alpha value is -4.01. The molecule has 0 aliphatic carbocycles. The summed E-state index contributed by atoms with van der Waals surface area (Å²) in [5.74, 6) is -1.78. The lowest BCUT2D eigenvalue weighted by Gasteiger charge is -2.45. The first-order chi connectivity index (χ1) is 45.0. The summed E-state index contributed by atoms with van der Waals surface area (Å²) in [7, 11) is -4.82. The Morgan fingerprint density at radius 1 is 0.457 bits per heavy atom. The van der Waals surface area contributed by atoms with E-state index in [0.29, 0.717) is 25.7 Å². The predicted octanol–water partition coefficient (Wildman–Crippen LogP) is 20.6. The van der Waals surface area contributed by atoms with Crippen LogP contribution >= 0.6 is 7.82 Å². The molecule has 528 valence electrons. The molecule has 0 aromatic heterocycles. The van der Waals surface area contributed by atoms with Crippen molar-refractivity contribution in [2.45, 2.75) is 373 Å². The average Bonchev–Trinajstić information content (AvgIpc) is 0.806. The molecular formula is C76H130NO14P. The molecule has 2 N–H and O–H groups in total. The molecule has 0 saturated carbocycles. The number of hydrogen-bond donors (Lipinski definition) is 2. The molecule has 1 saturated heterocycles. The van der Waals surface area contributed by atoms with Crippen LogP contribution in [-0.4, -0.2) is 85.0 Å². The van der Waals surface area contributed by atoms with E-state index in [4.69, 9.17) is 37.3 Å². The van der Waals surface area contributed by atoms with Crippen molar-refractivity contribution >= 4 is 31.6 Å². The van der Waals surface area contributed by atoms with Crippen LogP contribution in [0.4, 0.5) is 0 Å². The third-order valence-electron chi connectivity index (χ3n) is 17.6. The van der Waals surface area contributed by atoms with Crippen molar-refractivity contribution in [3.05, 3.63) is 60.7 Å². The molecule has 0 bridgehead atoms. The molecule has 0 radical (unpaired) electrons. The van der Waals surface area contributed by atoms with Gasteiger partial charge >= 0.3 is 25.7 Å². The number of esters is 3. The molecule has 1 fully saturated rings. The summed E-state index contributed by atoms with van der Waals surface area (Å²) in [6.07, 6.45) is 38.4. The first-order valence-electron chi connectivity index (χ1n) is 37.5. The van der Waals surface area contributed by atoms with E-state index in [2.05, 4.69) is 33.0 Å². The minimum absolute atomic E-state index is 0.0852. The molecule has 7 atom stereocenters. The fourth-order valence-corrected chi connectivity index (χ4v) is 13.6. The number of nitrogens with one attached hydrogen (secondary N) is 1. The lowest BCUT2D eigenvalue weighted by molar-refractivity contribution is -0.269. The second-order valence-corrected chi connectivity index (χ2v) is 27.5. The monoisotopic (exact) mass is 1310 g/mol. The van der Waals surface area contributed by atoms with Crippen molar-refractivity contribution in [1.29, 1.82) is 0 Å². The number of phosphoric acid groups is 1. The third kappa shape index (κ3) is 40.4. The zero-order chi connectivity index (χ0) is 66.4. The highest BCUT2D eigenvalue weighted by Crippen LogP contribution is 2.52. The number of phosphoric ester groups is 1. The van der Waals surface area contributed by atoms with E-state index >= 15 is 4.57 Å². The second-order valence-electron chi connectivity index (χ2n) is 26.0. The number of carbonyl (C=O) groups excluding carboxylic acids is 4. The lowest BCUT2D eigenvalue weighted by Crippen LogP contribution is -2.66. The number of carbonyl (C=O) groups is 4. The fourth-order valence-electron chi connectivity index (χ4n) is 12.2. The van der Waals surface area contributed by atoms with Crippen LogP contribution < -0.4 is 14.4 Å². The Balaban J connectivity index is 1.95. The number of aliphatic hydroxyl groups excluding tert-OH is 1. The van der Waals surface area contributed by atoms with Crippen LogP contribution in [0.1, 0.15) is 330 Å². The summed E-state index contributed by atoms with van der Waals surface area (Å²) < 4.78 is 65.4. The summed E-state index contributed by atoms with van der Waals surface area (Å²) in [6.45, 7) is 10.0. The van der Waals surface area contributed by atoms with E-state index < -0.39 is 69.2 Å². The van der Waals surface area contributed by atoms with Gasteiger partial charge in [-0.15, -0.1) is 0 Å². The number of aliphatic hydroxyl groups is 1. The lowest BCUT2D eigenvalue weighted by atomic mass is 9.96. The molecule has 3 rings (SSSR count). The Morgan fingerprint density at radius 2 is 0.804 bits per heavy atom. The van der Waals surface area contributed by atoms with Gasteiger partial charge in [-0.05, 0) is 69.7 Å². The summed E-state index contributed by atoms with van der Waals surface area (Å²) in [6, 6.07) is 15.3. The highest BCUT2D eigenvalue weighted by atomic mass is 31.2. The Morgan fingerprint density at radius 3 is 1.16 bits per heavy atom. The number of hydrogen-bond acceptors (Lipinski definition) is 14. The van der Waals surface area contributed by atoms with Crippen LogP contribution in [0.5, 0.6) is 11.5 Å². The molecule has 16 heteroatoms. The van der Waals surface area contributed by atoms with Gasteiger partial charge in [-0.2, -0.15) is 0 Å². The van der Waals surface area contributed by atoms with Crippen LogP contribution in [0.2, 0.25) is 0 Å². The molecule has 1 aliphatic rings. The van der Waals surface area contributed by atoms with Crippen LogP contribution in [0.25, 0.3) is 0 Å². The van der Waals surface area contributed by atoms with Gasteiger partial charge in [0.05, 0.1) is 19.4 Å². The normalized spacial score (nSPS) is 17.2. The van der Waals surface area contributed by atoms with E-state index in [9.17, 15) is 24.3 Å². The van der Waals surface area contributed by atoms with Crippen LogP contribution in [0, 0.1) is 0 Å². The quantitative estimate of drug-likeness (QED) is 0.0275. The van der Waals surface area contributed by atoms with Crippen LogP contribution in [0.3, 0.4) is 0 Å². The van der Waals surface area contributed by atoms with Crippen molar-refractivity contribution in [2.24, 2.45) is 0 Å². The molecule has 2 aromatic rings. The molecule has 1 aliphatic heterocycles. The third-order valence-corrected chi connectivity index (χ3v) is 18.9. The fraction of sp³-hybridized carbons (Fsp3) is 0.789. The molecule has 15 nitrogen and oxygen atoms in total. The topological polar surface area (TPSA) is 191 Å². The number of rotatable bonds is 61. The van der Waals surface area contributed by atoms with Gasteiger partial charge < -0.3 is 43.2 Å². The van der Waals surface area contributed by atoms with Crippen LogP contribution in [0.15, 0.2) is 60.7 Å². The van der Waals surface area contributed by atoms with E-state index in [0.717, 1.165) is 96.3 Å². The van der Waals surface area contributed by atoms with E-state index in [1.807, 2.05) is 0 Å². The standard InChI is InChI=1S/C76H130NO14P/c1-6-11-15-19-23-27-29-33-37-41-51-59-70(80)85-66(57-45-39-35-31-25-21-17-13-8-3)61-69(79)77-73-75(74(68(63-78)87-76(73)84-10-5)91-92(83,89-64-53-47-43-48-54-64)90-65-55-49-44-50-56-65)88-72(82)62-67(58-46-40-36-32-26-22-18-14-9-4)86-71(81)60-52-42-38-34-30-28-24-20-16-12-7-2/h43-44,47-50,53-56,66-68,73-76,78H,6-42,45-46,51-52,57-63H2,1-5H3,(H,77,79)/t66-,67-,68-,73-,74-,75-,76-/m1/s1. The maximum absolute atomic E-state index is 15.3. The maximum atomic E-state index is 15.3. The van der Waals surface area contributed by atoms with Crippen molar-refractivity contribution in [3.8, 4) is 11.5 Å². The maximum Gasteiger partial charge on any atom is 0.588 e. The minimum Gasteiger partial charge on any atom is -0.462 e. The van der Waals surface area contributed by atoms with Gasteiger partial charge in [-0.3, -0.25) is 23.7 Å². The van der Waals surface area contributed by atoms with E-state index in [1.54, 1.807) is 67.6 Å². The van der Waals surface area contributed by atoms with Gasteiger partial charge in [0.1, 0.15) is 42.0 Å². The Bertz CT molecular complexity index is 2110. The average molecular weight is 1310 g/mol. The van der Waals surface area contributed by atoms with Gasteiger partial charge in [0.2, 0.25) is 5.91 Å². The molecule has 92 heavy (non-hydrogen) atoms. The van der Waals surface area contributed by atoms with E-state index in [1.165, 1.54) is 148 Å². The number of benzene rings is 2. The van der Waals surface area contributed by atoms with Gasteiger partial charge in [-0.1, -0.05) is 295 Å². The molecule has 0 spiro atoms. The summed E-state index contributed by atoms with van der Waals surface area (Å²) in [5, 5.41) is 14.2. The summed E-state index contributed by atoms with van der Waals surface area (Å²) in [5.41, 5.74) is 0. The number of para-hydroxylation sites is 2. The Labute approximate surface area is 558 Å². The zero-order valence-electron chi connectivity index (χ0n) is 58.5. The van der Waals surface area contributed by atoms with Gasteiger partial charge in [0.25, 0.3) is 0 Å². The van der Waals surface area contributed by atoms with Crippen molar-refractivity contribution in [2.75, 3.05) is 13.2 Å². The highest BCUT2D eigenvalue weighted by Gasteiger charge is 2.54. The first-order valence-corrected chi connectivity index (χ1v) is 39.0. The van der Waals surface area contributed by atoms with Gasteiger partial charge in [0.15, 0.2) is 12.4 Å². The van der Waals surface area contributed by atoms with Crippen molar-refractivity contribution < 1.29 is 66.1 Å². The second kappa shape index (κ2) is 55.2. The summed E-state index contributed by atoms with van der Waals surface area (Å²) in [4.78, 5) is 57.0. The summed E-state index contributed by atoms with van der Waals surface area (Å²) >= 11 is 0. The SMILES string of the molecule is CCCCCCCCCCCCCC(=O)O[C@H](CCCCCCCCCCC)CC(=O)N[C@H]1[C@H](OCC)O[C@H](CO)[C@@H](OP(=O)(Oc2ccccc2)Oc2ccccc2)[C@@H]1OC(=O)C[C@@H](CCCCCCCCCCC)OC(=O)CCCCCCCCCCCCC. The smallest absolute Gasteiger partial charge is 0.462 e. The predicted molar refractivity (Wildman–Crippen MR) is 371 cm³/mol.